The number of ether oxygens (including phenoxy) is 8. The van der Waals surface area contributed by atoms with Crippen molar-refractivity contribution < 1.29 is 83.4 Å². The van der Waals surface area contributed by atoms with Gasteiger partial charge in [-0.3, -0.25) is 0 Å². The molecule has 0 radical (unpaired) electrons. The van der Waals surface area contributed by atoms with Gasteiger partial charge in [0.05, 0.1) is 39.5 Å². The number of rotatable bonds is 22. The Balaban J connectivity index is 1.86. The number of hydrogen-bond donors (Lipinski definition) is 0. The molecule has 0 amide bonds. The maximum atomic E-state index is 13.2. The molecule has 0 bridgehead atoms. The van der Waals surface area contributed by atoms with E-state index in [0.29, 0.717) is 0 Å². The summed E-state index contributed by atoms with van der Waals surface area (Å²) in [4.78, 5) is 51.2. The van der Waals surface area contributed by atoms with Crippen LogP contribution in [-0.2, 0) is 38.0 Å². The summed E-state index contributed by atoms with van der Waals surface area (Å²) in [7, 11) is 0. The van der Waals surface area contributed by atoms with Gasteiger partial charge >= 0.3 is 37.0 Å². The lowest BCUT2D eigenvalue weighted by Crippen LogP contribution is -2.28. The van der Waals surface area contributed by atoms with Crippen LogP contribution in [0.4, 0.5) is 47.3 Å². The summed E-state index contributed by atoms with van der Waals surface area (Å²) in [6.07, 6.45) is -10.5. The fourth-order valence-electron chi connectivity index (χ4n) is 4.98. The molecule has 2 rings (SSSR count). The van der Waals surface area contributed by atoms with E-state index in [9.17, 15) is 56.0 Å². The minimum atomic E-state index is -5.10. The van der Waals surface area contributed by atoms with Gasteiger partial charge in [-0.15, -0.1) is 26.3 Å². The Morgan fingerprint density at radius 1 is 0.590 bits per heavy atom. The molecule has 0 saturated heterocycles. The number of alkyl halides is 6. The van der Waals surface area contributed by atoms with Gasteiger partial charge in [0, 0.05) is 54.1 Å². The molecule has 0 unspecified atom stereocenters. The second-order valence-corrected chi connectivity index (χ2v) is 11.7. The molecule has 0 fully saturated rings. The summed E-state index contributed by atoms with van der Waals surface area (Å²) in [6, 6.07) is 10.5. The lowest BCUT2D eigenvalue weighted by molar-refractivity contribution is -0.275. The van der Waals surface area contributed by atoms with Crippen molar-refractivity contribution >= 4 is 47.8 Å². The summed E-state index contributed by atoms with van der Waals surface area (Å²) in [5.41, 5.74) is -1.08. The van der Waals surface area contributed by atoms with Crippen LogP contribution in [0.25, 0.3) is 12.2 Å². The number of likely N-dealkylation sites (N-methyl/N-ethyl adjacent to an activating group) is 2. The molecule has 2 aromatic carbocycles. The molecule has 16 nitrogen and oxygen atoms in total. The highest BCUT2D eigenvalue weighted by molar-refractivity contribution is 5.99. The molecular weight excluding hydrogens is 830 g/mol. The Hall–Kier alpha value is -6.84. The lowest BCUT2D eigenvalue weighted by atomic mass is 10.1. The maximum absolute atomic E-state index is 13.2. The van der Waals surface area contributed by atoms with Crippen molar-refractivity contribution in [1.29, 1.82) is 10.5 Å². The smallest absolute Gasteiger partial charge is 0.462 e. The van der Waals surface area contributed by atoms with Crippen molar-refractivity contribution in [2.45, 2.75) is 46.8 Å². The average molecular weight is 873 g/mol. The Labute approximate surface area is 346 Å². The predicted molar refractivity (Wildman–Crippen MR) is 202 cm³/mol. The Morgan fingerprint density at radius 2 is 0.951 bits per heavy atom. The number of nitrogens with zero attached hydrogens (tertiary/aromatic N) is 4. The number of esters is 2. The monoisotopic (exact) mass is 872 g/mol. The van der Waals surface area contributed by atoms with Crippen LogP contribution in [0.2, 0.25) is 0 Å². The molecular formula is C39H42F6N4O12. The lowest BCUT2D eigenvalue weighted by Gasteiger charge is -2.24. The molecule has 0 aliphatic heterocycles. The quantitative estimate of drug-likeness (QED) is 0.0282. The third-order valence-electron chi connectivity index (χ3n) is 7.66. The second kappa shape index (κ2) is 24.9. The molecule has 0 heterocycles. The predicted octanol–water partition coefficient (Wildman–Crippen LogP) is 7.47. The van der Waals surface area contributed by atoms with Crippen LogP contribution in [0.5, 0.6) is 11.5 Å². The van der Waals surface area contributed by atoms with Gasteiger partial charge in [0.2, 0.25) is 0 Å². The van der Waals surface area contributed by atoms with E-state index in [1.165, 1.54) is 38.1 Å². The van der Waals surface area contributed by atoms with Crippen LogP contribution < -0.4 is 19.3 Å². The number of halogens is 6. The second-order valence-electron chi connectivity index (χ2n) is 11.7. The van der Waals surface area contributed by atoms with Gasteiger partial charge in [-0.25, -0.2) is 19.2 Å². The van der Waals surface area contributed by atoms with Crippen LogP contribution in [0.1, 0.15) is 45.2 Å². The first-order valence-electron chi connectivity index (χ1n) is 18.3. The van der Waals surface area contributed by atoms with Gasteiger partial charge in [0.25, 0.3) is 0 Å². The first kappa shape index (κ1) is 50.3. The van der Waals surface area contributed by atoms with Crippen molar-refractivity contribution in [3.05, 3.63) is 58.7 Å². The van der Waals surface area contributed by atoms with E-state index in [1.54, 1.807) is 35.8 Å². The van der Waals surface area contributed by atoms with E-state index in [0.717, 1.165) is 24.3 Å². The van der Waals surface area contributed by atoms with Crippen LogP contribution >= 0.6 is 0 Å². The van der Waals surface area contributed by atoms with Crippen LogP contribution in [-0.4, -0.2) is 103 Å². The zero-order chi connectivity index (χ0) is 45.6. The fourth-order valence-corrected chi connectivity index (χ4v) is 4.98. The van der Waals surface area contributed by atoms with E-state index in [2.05, 4.69) is 9.47 Å². The summed E-state index contributed by atoms with van der Waals surface area (Å²) < 4.78 is 117. The third kappa shape index (κ3) is 18.3. The number of carbonyl (C=O) groups is 4. The molecule has 22 heteroatoms. The Morgan fingerprint density at radius 3 is 1.26 bits per heavy atom. The maximum Gasteiger partial charge on any atom is 0.573 e. The molecule has 0 saturated carbocycles. The van der Waals surface area contributed by atoms with Gasteiger partial charge in [0.15, 0.2) is 0 Å². The summed E-state index contributed by atoms with van der Waals surface area (Å²) in [5, 5.41) is 18.6. The van der Waals surface area contributed by atoms with Gasteiger partial charge in [-0.05, 0) is 64.1 Å². The summed E-state index contributed by atoms with van der Waals surface area (Å²) in [6.45, 7) is 5.78. The molecule has 332 valence electrons. The van der Waals surface area contributed by atoms with Gasteiger partial charge < -0.3 is 47.7 Å². The molecule has 0 aliphatic carbocycles. The number of nitriles is 2. The van der Waals surface area contributed by atoms with E-state index < -0.39 is 59.6 Å². The third-order valence-corrected chi connectivity index (χ3v) is 7.66. The molecule has 0 aromatic heterocycles. The Kier molecular flexibility index (Phi) is 20.6. The number of benzene rings is 2. The van der Waals surface area contributed by atoms with Crippen molar-refractivity contribution in [3.63, 3.8) is 0 Å². The number of carbonyl (C=O) groups excluding carboxylic acids is 4. The topological polar surface area (TPSA) is 196 Å². The van der Waals surface area contributed by atoms with Gasteiger partial charge in [-0.1, -0.05) is 0 Å². The molecule has 2 aromatic rings. The van der Waals surface area contributed by atoms with E-state index in [-0.39, 0.29) is 94.7 Å². The summed E-state index contributed by atoms with van der Waals surface area (Å²) in [5.74, 6) is -3.45. The molecule has 0 spiro atoms. The molecule has 61 heavy (non-hydrogen) atoms. The molecule has 0 N–H and O–H groups in total. The Bertz CT molecular complexity index is 1820. The highest BCUT2D eigenvalue weighted by atomic mass is 19.4. The largest absolute Gasteiger partial charge is 0.573 e. The fraction of sp³-hybridized carbons (Fsp3) is 0.436. The van der Waals surface area contributed by atoms with Crippen molar-refractivity contribution in [3.8, 4) is 23.6 Å². The standard InChI is InChI=1S/C39H42F6N4O12/c1-5-48(30-12-10-26(32(22-30)60-38(40,41)42)20-28(24-46)34(50)54-7-3)14-18-58-36(52)56-16-9-17-57-37(53)59-19-15-49(6-2)31-13-11-27(33(23-31)61-39(43,44)45)21-29(25-47)35(51)55-8-4/h10-13,20-23H,5-9,14-19H2,1-4H3/b28-20+,29-21+. The van der Waals surface area contributed by atoms with Gasteiger partial charge in [-0.2, -0.15) is 10.5 Å². The minimum absolute atomic E-state index is 0.00832. The normalized spacial score (nSPS) is 11.6. The van der Waals surface area contributed by atoms with Crippen LogP contribution in [0, 0.1) is 22.7 Å². The molecule has 0 aliphatic rings. The first-order chi connectivity index (χ1) is 28.9. The minimum Gasteiger partial charge on any atom is -0.462 e. The van der Waals surface area contributed by atoms with E-state index >= 15 is 0 Å². The van der Waals surface area contributed by atoms with E-state index in [1.807, 2.05) is 0 Å². The van der Waals surface area contributed by atoms with Crippen molar-refractivity contribution in [2.24, 2.45) is 0 Å². The van der Waals surface area contributed by atoms with E-state index in [4.69, 9.17) is 28.4 Å². The SMILES string of the molecule is CCOC(=O)/C(C#N)=C/c1ccc(N(CC)CCOC(=O)OCCCOC(=O)OCCN(CC)c2ccc(/C=C(\C#N)C(=O)OCC)c(OC(F)(F)F)c2)cc1OC(F)(F)F. The molecule has 0 atom stereocenters. The number of anilines is 2. The van der Waals surface area contributed by atoms with Crippen LogP contribution in [0.3, 0.4) is 0 Å². The first-order valence-corrected chi connectivity index (χ1v) is 18.3. The van der Waals surface area contributed by atoms with Crippen molar-refractivity contribution in [2.75, 3.05) is 75.6 Å². The average Bonchev–Trinajstić information content (AvgIpc) is 3.19. The van der Waals surface area contributed by atoms with Gasteiger partial charge in [0.1, 0.15) is 48.0 Å². The van der Waals surface area contributed by atoms with Crippen molar-refractivity contribution in [1.82, 2.24) is 0 Å². The zero-order valence-corrected chi connectivity index (χ0v) is 33.4. The highest BCUT2D eigenvalue weighted by Gasteiger charge is 2.33. The highest BCUT2D eigenvalue weighted by Crippen LogP contribution is 2.34. The van der Waals surface area contributed by atoms with Crippen LogP contribution in [0.15, 0.2) is 47.5 Å². The zero-order valence-electron chi connectivity index (χ0n) is 33.4. The number of hydrogen-bond acceptors (Lipinski definition) is 16. The summed E-state index contributed by atoms with van der Waals surface area (Å²) >= 11 is 0.